The number of nitrogens with one attached hydrogen (secondary N) is 1. The lowest BCUT2D eigenvalue weighted by Crippen LogP contribution is -2.22. The third kappa shape index (κ3) is 4.45. The van der Waals surface area contributed by atoms with Crippen molar-refractivity contribution in [1.29, 1.82) is 0 Å². The van der Waals surface area contributed by atoms with E-state index in [0.717, 1.165) is 32.0 Å². The molecule has 3 heteroatoms. The van der Waals surface area contributed by atoms with Gasteiger partial charge in [-0.25, -0.2) is 0 Å². The number of hydrogen-bond acceptors (Lipinski definition) is 2. The smallest absolute Gasteiger partial charge is 0.0628 e. The Morgan fingerprint density at radius 2 is 2.00 bits per heavy atom. The van der Waals surface area contributed by atoms with Crippen molar-refractivity contribution in [2.45, 2.75) is 60.4 Å². The molecule has 0 fully saturated rings. The van der Waals surface area contributed by atoms with Crippen LogP contribution in [0, 0.1) is 19.8 Å². The first-order valence-electron chi connectivity index (χ1n) is 7.29. The highest BCUT2D eigenvalue weighted by molar-refractivity contribution is 5.24. The third-order valence-corrected chi connectivity index (χ3v) is 3.36. The molecular formula is C15H29N3. The van der Waals surface area contributed by atoms with Gasteiger partial charge in [0.2, 0.25) is 0 Å². The van der Waals surface area contributed by atoms with Gasteiger partial charge in [0.05, 0.1) is 5.69 Å². The van der Waals surface area contributed by atoms with Gasteiger partial charge in [-0.15, -0.1) is 0 Å². The summed E-state index contributed by atoms with van der Waals surface area (Å²) >= 11 is 0. The Balaban J connectivity index is 2.51. The van der Waals surface area contributed by atoms with Crippen LogP contribution in [0.4, 0.5) is 0 Å². The van der Waals surface area contributed by atoms with Crippen LogP contribution in [0.1, 0.15) is 50.6 Å². The maximum atomic E-state index is 4.65. The van der Waals surface area contributed by atoms with E-state index in [-0.39, 0.29) is 0 Å². The third-order valence-electron chi connectivity index (χ3n) is 3.36. The quantitative estimate of drug-likeness (QED) is 0.720. The second-order valence-electron chi connectivity index (χ2n) is 5.57. The van der Waals surface area contributed by atoms with Crippen LogP contribution in [0.5, 0.6) is 0 Å². The Kier molecular flexibility index (Phi) is 6.41. The minimum Gasteiger partial charge on any atom is -0.316 e. The van der Waals surface area contributed by atoms with E-state index < -0.39 is 0 Å². The summed E-state index contributed by atoms with van der Waals surface area (Å²) in [5.41, 5.74) is 3.99. The molecule has 1 N–H and O–H groups in total. The van der Waals surface area contributed by atoms with Crippen LogP contribution >= 0.6 is 0 Å². The highest BCUT2D eigenvalue weighted by Crippen LogP contribution is 2.14. The summed E-state index contributed by atoms with van der Waals surface area (Å²) in [5.74, 6) is 0.722. The maximum Gasteiger partial charge on any atom is 0.0628 e. The van der Waals surface area contributed by atoms with E-state index in [4.69, 9.17) is 0 Å². The normalized spacial score (nSPS) is 11.4. The molecule has 0 amide bonds. The summed E-state index contributed by atoms with van der Waals surface area (Å²) in [5, 5.41) is 8.15. The molecule has 0 bridgehead atoms. The Hall–Kier alpha value is -0.830. The lowest BCUT2D eigenvalue weighted by atomic mass is 10.1. The van der Waals surface area contributed by atoms with Gasteiger partial charge >= 0.3 is 0 Å². The number of hydrogen-bond donors (Lipinski definition) is 1. The molecular weight excluding hydrogens is 222 g/mol. The van der Waals surface area contributed by atoms with E-state index in [1.165, 1.54) is 29.8 Å². The molecule has 104 valence electrons. The van der Waals surface area contributed by atoms with Crippen molar-refractivity contribution in [2.75, 3.05) is 13.1 Å². The van der Waals surface area contributed by atoms with E-state index >= 15 is 0 Å². The zero-order chi connectivity index (χ0) is 13.5. The van der Waals surface area contributed by atoms with Crippen LogP contribution in [0.3, 0.4) is 0 Å². The second kappa shape index (κ2) is 7.57. The Bertz CT molecular complexity index is 353. The molecule has 0 unspecified atom stereocenters. The Morgan fingerprint density at radius 1 is 1.28 bits per heavy atom. The fourth-order valence-corrected chi connectivity index (χ4v) is 2.23. The van der Waals surface area contributed by atoms with E-state index in [2.05, 4.69) is 49.7 Å². The highest BCUT2D eigenvalue weighted by atomic mass is 15.3. The van der Waals surface area contributed by atoms with E-state index in [1.807, 2.05) is 0 Å². The van der Waals surface area contributed by atoms with Gasteiger partial charge in [0.1, 0.15) is 0 Å². The van der Waals surface area contributed by atoms with Crippen LogP contribution in [0.25, 0.3) is 0 Å². The first-order valence-corrected chi connectivity index (χ1v) is 7.29. The number of nitrogens with zero attached hydrogens (tertiary/aromatic N) is 2. The summed E-state index contributed by atoms with van der Waals surface area (Å²) in [7, 11) is 0. The predicted octanol–water partition coefficient (Wildman–Crippen LogP) is 3.09. The topological polar surface area (TPSA) is 29.9 Å². The average Bonchev–Trinajstić information content (AvgIpc) is 2.58. The second-order valence-corrected chi connectivity index (χ2v) is 5.57. The van der Waals surface area contributed by atoms with Crippen molar-refractivity contribution in [3.63, 3.8) is 0 Å². The minimum absolute atomic E-state index is 0.722. The standard InChI is InChI=1S/C15H29N3/c1-6-7-10-18-14(5)15(13(4)17-18)8-9-16-11-12(2)3/h12,16H,6-11H2,1-5H3. The van der Waals surface area contributed by atoms with Gasteiger partial charge < -0.3 is 5.32 Å². The summed E-state index contributed by atoms with van der Waals surface area (Å²) < 4.78 is 2.18. The molecule has 0 atom stereocenters. The molecule has 0 spiro atoms. The van der Waals surface area contributed by atoms with Crippen LogP contribution < -0.4 is 5.32 Å². The fraction of sp³-hybridized carbons (Fsp3) is 0.800. The van der Waals surface area contributed by atoms with E-state index in [1.54, 1.807) is 0 Å². The molecule has 0 aliphatic rings. The Morgan fingerprint density at radius 3 is 2.61 bits per heavy atom. The largest absolute Gasteiger partial charge is 0.316 e. The number of unbranched alkanes of at least 4 members (excludes halogenated alkanes) is 1. The van der Waals surface area contributed by atoms with Gasteiger partial charge in [-0.1, -0.05) is 27.2 Å². The molecule has 1 aromatic rings. The monoisotopic (exact) mass is 251 g/mol. The average molecular weight is 251 g/mol. The summed E-state index contributed by atoms with van der Waals surface area (Å²) in [6.45, 7) is 14.3. The first kappa shape index (κ1) is 15.2. The van der Waals surface area contributed by atoms with Gasteiger partial charge in [-0.05, 0) is 51.3 Å². The van der Waals surface area contributed by atoms with Crippen molar-refractivity contribution >= 4 is 0 Å². The van der Waals surface area contributed by atoms with Crippen LogP contribution in [0.2, 0.25) is 0 Å². The molecule has 1 rings (SSSR count). The molecule has 1 heterocycles. The van der Waals surface area contributed by atoms with Gasteiger partial charge in [0.15, 0.2) is 0 Å². The maximum absolute atomic E-state index is 4.65. The highest BCUT2D eigenvalue weighted by Gasteiger charge is 2.10. The van der Waals surface area contributed by atoms with Gasteiger partial charge in [0.25, 0.3) is 0 Å². The van der Waals surface area contributed by atoms with Gasteiger partial charge in [0, 0.05) is 12.2 Å². The Labute approximate surface area is 112 Å². The van der Waals surface area contributed by atoms with Crippen molar-refractivity contribution < 1.29 is 0 Å². The summed E-state index contributed by atoms with van der Waals surface area (Å²) in [6.07, 6.45) is 3.53. The van der Waals surface area contributed by atoms with Crippen molar-refractivity contribution in [3.05, 3.63) is 17.0 Å². The fourth-order valence-electron chi connectivity index (χ4n) is 2.23. The van der Waals surface area contributed by atoms with Crippen LogP contribution in [0.15, 0.2) is 0 Å². The van der Waals surface area contributed by atoms with Crippen LogP contribution in [-0.4, -0.2) is 22.9 Å². The lowest BCUT2D eigenvalue weighted by molar-refractivity contribution is 0.549. The van der Waals surface area contributed by atoms with Crippen molar-refractivity contribution in [3.8, 4) is 0 Å². The summed E-state index contributed by atoms with van der Waals surface area (Å²) in [4.78, 5) is 0. The predicted molar refractivity (Wildman–Crippen MR) is 78.0 cm³/mol. The van der Waals surface area contributed by atoms with Crippen LogP contribution in [-0.2, 0) is 13.0 Å². The number of rotatable bonds is 8. The zero-order valence-electron chi connectivity index (χ0n) is 12.7. The lowest BCUT2D eigenvalue weighted by Gasteiger charge is -2.08. The molecule has 0 aromatic carbocycles. The van der Waals surface area contributed by atoms with Gasteiger partial charge in [-0.2, -0.15) is 5.10 Å². The van der Waals surface area contributed by atoms with E-state index in [0.29, 0.717) is 0 Å². The number of aromatic nitrogens is 2. The minimum atomic E-state index is 0.722. The molecule has 0 aliphatic carbocycles. The van der Waals surface area contributed by atoms with Crippen molar-refractivity contribution in [2.24, 2.45) is 5.92 Å². The number of aryl methyl sites for hydroxylation is 2. The molecule has 0 aliphatic heterocycles. The summed E-state index contributed by atoms with van der Waals surface area (Å²) in [6, 6.07) is 0. The molecule has 0 saturated carbocycles. The zero-order valence-corrected chi connectivity index (χ0v) is 12.7. The molecule has 1 aromatic heterocycles. The SMILES string of the molecule is CCCCn1nc(C)c(CCNCC(C)C)c1C. The molecule has 0 radical (unpaired) electrons. The first-order chi connectivity index (χ1) is 8.56. The van der Waals surface area contributed by atoms with Crippen molar-refractivity contribution in [1.82, 2.24) is 15.1 Å². The molecule has 18 heavy (non-hydrogen) atoms. The molecule has 0 saturated heterocycles. The molecule has 3 nitrogen and oxygen atoms in total. The van der Waals surface area contributed by atoms with E-state index in [9.17, 15) is 0 Å². The van der Waals surface area contributed by atoms with Gasteiger partial charge in [-0.3, -0.25) is 4.68 Å².